The van der Waals surface area contributed by atoms with Gasteiger partial charge in [-0.2, -0.15) is 0 Å². The maximum Gasteiger partial charge on any atom is 0.329 e. The van der Waals surface area contributed by atoms with Crippen LogP contribution in [0.5, 0.6) is 0 Å². The molecule has 0 saturated carbocycles. The molecule has 2 aromatic carbocycles. The molecule has 1 aliphatic rings. The highest BCUT2D eigenvalue weighted by Gasteiger charge is 2.48. The van der Waals surface area contributed by atoms with Gasteiger partial charge in [-0.15, -0.1) is 0 Å². The number of carbonyl (C=O) groups is 2. The van der Waals surface area contributed by atoms with Crippen LogP contribution in [0.4, 0.5) is 16.2 Å². The van der Waals surface area contributed by atoms with Gasteiger partial charge >= 0.3 is 6.03 Å². The summed E-state index contributed by atoms with van der Waals surface area (Å²) in [6.07, 6.45) is 0.181. The number of urea groups is 1. The molecule has 3 rings (SSSR count). The van der Waals surface area contributed by atoms with Crippen LogP contribution in [0.1, 0.15) is 12.5 Å². The van der Waals surface area contributed by atoms with Crippen molar-refractivity contribution < 1.29 is 14.5 Å². The van der Waals surface area contributed by atoms with Gasteiger partial charge < -0.3 is 5.32 Å². The van der Waals surface area contributed by atoms with Gasteiger partial charge in [0.1, 0.15) is 5.54 Å². The molecule has 0 bridgehead atoms. The number of nitro benzene ring substituents is 1. The van der Waals surface area contributed by atoms with E-state index in [1.165, 1.54) is 30.3 Å². The number of rotatable bonds is 4. The number of benzene rings is 2. The number of nitro groups is 1. The molecular weight excluding hydrogens is 381 g/mol. The fraction of sp³-hybridized carbons (Fsp3) is 0.176. The number of non-ortho nitro benzene ring substituents is 1. The van der Waals surface area contributed by atoms with Crippen LogP contribution in [0.25, 0.3) is 0 Å². The molecule has 1 fully saturated rings. The Hall–Kier alpha value is -2.64. The molecule has 1 N–H and O–H groups in total. The zero-order valence-electron chi connectivity index (χ0n) is 13.5. The molecule has 0 aromatic heterocycles. The fourth-order valence-electron chi connectivity index (χ4n) is 2.85. The monoisotopic (exact) mass is 393 g/mol. The van der Waals surface area contributed by atoms with E-state index in [1.54, 1.807) is 19.1 Å². The third kappa shape index (κ3) is 3.36. The van der Waals surface area contributed by atoms with Gasteiger partial charge in [-0.3, -0.25) is 14.9 Å². The highest BCUT2D eigenvalue weighted by atomic mass is 35.5. The van der Waals surface area contributed by atoms with Crippen molar-refractivity contribution >= 4 is 46.5 Å². The molecule has 1 unspecified atom stereocenters. The van der Waals surface area contributed by atoms with Crippen LogP contribution in [0.2, 0.25) is 10.0 Å². The van der Waals surface area contributed by atoms with Crippen molar-refractivity contribution in [3.8, 4) is 0 Å². The Morgan fingerprint density at radius 3 is 2.23 bits per heavy atom. The summed E-state index contributed by atoms with van der Waals surface area (Å²) in [4.78, 5) is 36.5. The Morgan fingerprint density at radius 2 is 1.69 bits per heavy atom. The van der Waals surface area contributed by atoms with Gasteiger partial charge in [0.05, 0.1) is 10.6 Å². The predicted molar refractivity (Wildman–Crippen MR) is 97.7 cm³/mol. The molecule has 26 heavy (non-hydrogen) atoms. The van der Waals surface area contributed by atoms with Crippen molar-refractivity contribution in [1.29, 1.82) is 0 Å². The van der Waals surface area contributed by atoms with Crippen LogP contribution in [-0.4, -0.2) is 22.4 Å². The quantitative estimate of drug-likeness (QED) is 0.483. The summed E-state index contributed by atoms with van der Waals surface area (Å²) in [5, 5.41) is 14.0. The van der Waals surface area contributed by atoms with Crippen molar-refractivity contribution in [2.45, 2.75) is 18.9 Å². The number of hydrogen-bond donors (Lipinski definition) is 1. The second-order valence-electron chi connectivity index (χ2n) is 6.13. The van der Waals surface area contributed by atoms with Crippen LogP contribution in [0.15, 0.2) is 42.5 Å². The summed E-state index contributed by atoms with van der Waals surface area (Å²) >= 11 is 11.9. The second-order valence-corrected chi connectivity index (χ2v) is 7.00. The van der Waals surface area contributed by atoms with Crippen LogP contribution in [0, 0.1) is 10.1 Å². The lowest BCUT2D eigenvalue weighted by Gasteiger charge is -2.22. The number of hydrogen-bond acceptors (Lipinski definition) is 4. The van der Waals surface area contributed by atoms with E-state index in [1.807, 2.05) is 0 Å². The molecule has 7 nitrogen and oxygen atoms in total. The summed E-state index contributed by atoms with van der Waals surface area (Å²) in [6.45, 7) is 1.60. The number of anilines is 1. The first kappa shape index (κ1) is 18.2. The van der Waals surface area contributed by atoms with Crippen molar-refractivity contribution in [2.75, 3.05) is 4.90 Å². The van der Waals surface area contributed by atoms with Crippen LogP contribution < -0.4 is 10.2 Å². The van der Waals surface area contributed by atoms with Crippen molar-refractivity contribution in [2.24, 2.45) is 0 Å². The fourth-order valence-corrected chi connectivity index (χ4v) is 3.37. The number of carbonyl (C=O) groups excluding carboxylic acids is 2. The number of nitrogens with zero attached hydrogens (tertiary/aromatic N) is 2. The summed E-state index contributed by atoms with van der Waals surface area (Å²) < 4.78 is 0. The third-order valence-corrected chi connectivity index (χ3v) is 4.51. The van der Waals surface area contributed by atoms with Gasteiger partial charge in [0, 0.05) is 28.6 Å². The molecule has 1 saturated heterocycles. The Bertz CT molecular complexity index is 896. The number of nitrogens with one attached hydrogen (secondary N) is 1. The molecule has 9 heteroatoms. The SMILES string of the molecule is CC1(Cc2ccc([N+](=O)[O-])cc2)NC(=O)N(c2cc(Cl)cc(Cl)c2)C1=O. The molecule has 1 heterocycles. The summed E-state index contributed by atoms with van der Waals surface area (Å²) in [7, 11) is 0. The number of halogens is 2. The Kier molecular flexibility index (Phi) is 4.60. The average Bonchev–Trinajstić information content (AvgIpc) is 2.76. The molecule has 1 atom stereocenters. The Morgan fingerprint density at radius 1 is 1.12 bits per heavy atom. The first-order valence-corrected chi connectivity index (χ1v) is 8.31. The van der Waals surface area contributed by atoms with Gasteiger partial charge in [-0.05, 0) is 30.7 Å². The van der Waals surface area contributed by atoms with Crippen LogP contribution in [-0.2, 0) is 11.2 Å². The smallest absolute Gasteiger partial charge is 0.323 e. The Balaban J connectivity index is 1.88. The van der Waals surface area contributed by atoms with Gasteiger partial charge in [0.2, 0.25) is 0 Å². The molecular formula is C17H13Cl2N3O4. The van der Waals surface area contributed by atoms with E-state index in [4.69, 9.17) is 23.2 Å². The van der Waals surface area contributed by atoms with Gasteiger partial charge in [0.15, 0.2) is 0 Å². The van der Waals surface area contributed by atoms with Crippen LogP contribution in [0.3, 0.4) is 0 Å². The van der Waals surface area contributed by atoms with E-state index in [0.717, 1.165) is 4.90 Å². The highest BCUT2D eigenvalue weighted by Crippen LogP contribution is 2.31. The normalized spacial score (nSPS) is 19.6. The van der Waals surface area contributed by atoms with E-state index in [9.17, 15) is 19.7 Å². The molecule has 2 aromatic rings. The topological polar surface area (TPSA) is 92.6 Å². The highest BCUT2D eigenvalue weighted by molar-refractivity contribution is 6.35. The first-order chi connectivity index (χ1) is 12.2. The van der Waals surface area contributed by atoms with E-state index >= 15 is 0 Å². The maximum atomic E-state index is 12.9. The molecule has 3 amide bonds. The van der Waals surface area contributed by atoms with E-state index in [0.29, 0.717) is 15.6 Å². The average molecular weight is 394 g/mol. The third-order valence-electron chi connectivity index (χ3n) is 4.07. The minimum atomic E-state index is -1.19. The minimum Gasteiger partial charge on any atom is -0.323 e. The second kappa shape index (κ2) is 6.59. The molecule has 0 aliphatic carbocycles. The maximum absolute atomic E-state index is 12.9. The molecule has 1 aliphatic heterocycles. The summed E-state index contributed by atoms with van der Waals surface area (Å²) in [5.41, 5.74) is -0.284. The largest absolute Gasteiger partial charge is 0.329 e. The molecule has 134 valence electrons. The van der Waals surface area contributed by atoms with E-state index in [-0.39, 0.29) is 17.8 Å². The summed E-state index contributed by atoms with van der Waals surface area (Å²) in [5.74, 6) is -0.459. The van der Waals surface area contributed by atoms with Gasteiger partial charge in [-0.25, -0.2) is 9.69 Å². The van der Waals surface area contributed by atoms with Crippen molar-refractivity contribution in [1.82, 2.24) is 5.32 Å². The zero-order valence-corrected chi connectivity index (χ0v) is 15.0. The van der Waals surface area contributed by atoms with E-state index in [2.05, 4.69) is 5.32 Å². The van der Waals surface area contributed by atoms with Gasteiger partial charge in [0.25, 0.3) is 11.6 Å². The standard InChI is InChI=1S/C17H13Cl2N3O4/c1-17(9-10-2-4-13(5-3-10)22(25)26)15(23)21(16(24)20-17)14-7-11(18)6-12(19)8-14/h2-8H,9H2,1H3,(H,20,24). The zero-order chi connectivity index (χ0) is 19.1. The van der Waals surface area contributed by atoms with Crippen molar-refractivity contribution in [3.63, 3.8) is 0 Å². The summed E-state index contributed by atoms with van der Waals surface area (Å²) in [6, 6.07) is 9.69. The minimum absolute atomic E-state index is 0.0455. The molecule has 0 spiro atoms. The lowest BCUT2D eigenvalue weighted by Crippen LogP contribution is -2.46. The number of amides is 3. The van der Waals surface area contributed by atoms with Gasteiger partial charge in [-0.1, -0.05) is 35.3 Å². The van der Waals surface area contributed by atoms with Crippen LogP contribution >= 0.6 is 23.2 Å². The van der Waals surface area contributed by atoms with Crippen molar-refractivity contribution in [3.05, 3.63) is 68.2 Å². The predicted octanol–water partition coefficient (Wildman–Crippen LogP) is 3.96. The van der Waals surface area contributed by atoms with E-state index < -0.39 is 22.4 Å². The Labute approximate surface area is 158 Å². The first-order valence-electron chi connectivity index (χ1n) is 7.56. The number of imide groups is 1. The lowest BCUT2D eigenvalue weighted by atomic mass is 9.92. The lowest BCUT2D eigenvalue weighted by molar-refractivity contribution is -0.384. The molecule has 0 radical (unpaired) electrons.